The van der Waals surface area contributed by atoms with E-state index in [1.54, 1.807) is 26.0 Å². The molecular formula is C18H19FN2O4. The average molecular weight is 346 g/mol. The molecule has 1 N–H and O–H groups in total. The molecule has 132 valence electrons. The van der Waals surface area contributed by atoms with E-state index >= 15 is 0 Å². The molecule has 0 aliphatic carbocycles. The van der Waals surface area contributed by atoms with E-state index in [1.807, 2.05) is 6.92 Å². The minimum Gasteiger partial charge on any atom is -0.461 e. The molecule has 1 aliphatic heterocycles. The van der Waals surface area contributed by atoms with Crippen molar-refractivity contribution in [2.75, 3.05) is 12.0 Å². The first kappa shape index (κ1) is 17.2. The summed E-state index contributed by atoms with van der Waals surface area (Å²) in [4.78, 5) is 16.6. The van der Waals surface area contributed by atoms with Gasteiger partial charge in [0.05, 0.1) is 17.9 Å². The maximum atomic E-state index is 12.9. The number of carbonyl (C=O) groups is 1. The number of hydrogen-bond donors (Lipinski definition) is 1. The first-order valence-corrected chi connectivity index (χ1v) is 7.84. The molecule has 0 spiro atoms. The second-order valence-corrected chi connectivity index (χ2v) is 6.12. The topological polar surface area (TPSA) is 69.7 Å². The molecule has 25 heavy (non-hydrogen) atoms. The van der Waals surface area contributed by atoms with Crippen molar-refractivity contribution < 1.29 is 23.4 Å². The molecule has 0 unspecified atom stereocenters. The highest BCUT2D eigenvalue weighted by Gasteiger charge is 2.32. The van der Waals surface area contributed by atoms with Crippen LogP contribution in [0.15, 0.2) is 30.5 Å². The Morgan fingerprint density at radius 2 is 2.08 bits per heavy atom. The molecule has 0 bridgehead atoms. The van der Waals surface area contributed by atoms with E-state index in [0.717, 1.165) is 0 Å². The number of aryl methyl sites for hydroxylation is 1. The number of nitrogens with zero attached hydrogens (tertiary/aromatic N) is 1. The Kier molecular flexibility index (Phi) is 4.59. The minimum absolute atomic E-state index is 0.0552. The lowest BCUT2D eigenvalue weighted by Crippen LogP contribution is -2.36. The van der Waals surface area contributed by atoms with Gasteiger partial charge in [-0.3, -0.25) is 4.98 Å². The number of carbonyl (C=O) groups excluding carboxylic acids is 1. The quantitative estimate of drug-likeness (QED) is 0.676. The van der Waals surface area contributed by atoms with Gasteiger partial charge in [0.2, 0.25) is 5.79 Å². The summed E-state index contributed by atoms with van der Waals surface area (Å²) in [6.07, 6.45) is 1.46. The van der Waals surface area contributed by atoms with Crippen LogP contribution < -0.4 is 10.1 Å². The number of pyridine rings is 1. The summed E-state index contributed by atoms with van der Waals surface area (Å²) in [5.41, 5.74) is 2.26. The Morgan fingerprint density at radius 1 is 1.36 bits per heavy atom. The van der Waals surface area contributed by atoms with Crippen LogP contribution in [-0.2, 0) is 16.1 Å². The lowest BCUT2D eigenvalue weighted by atomic mass is 10.1. The van der Waals surface area contributed by atoms with Crippen LogP contribution in [0.5, 0.6) is 5.75 Å². The fourth-order valence-electron chi connectivity index (χ4n) is 2.44. The van der Waals surface area contributed by atoms with E-state index in [-0.39, 0.29) is 19.2 Å². The van der Waals surface area contributed by atoms with Gasteiger partial charge in [0.15, 0.2) is 12.5 Å². The van der Waals surface area contributed by atoms with E-state index in [9.17, 15) is 9.18 Å². The highest BCUT2D eigenvalue weighted by Crippen LogP contribution is 2.35. The molecule has 3 rings (SSSR count). The van der Waals surface area contributed by atoms with Crippen molar-refractivity contribution in [1.82, 2.24) is 4.98 Å². The fourth-order valence-corrected chi connectivity index (χ4v) is 2.44. The number of aromatic nitrogens is 1. The molecule has 0 atom stereocenters. The highest BCUT2D eigenvalue weighted by atomic mass is 19.1. The van der Waals surface area contributed by atoms with Crippen molar-refractivity contribution in [2.45, 2.75) is 33.2 Å². The molecule has 1 aromatic heterocycles. The zero-order valence-corrected chi connectivity index (χ0v) is 14.3. The Labute approximate surface area is 144 Å². The third-order valence-corrected chi connectivity index (χ3v) is 3.77. The third kappa shape index (κ3) is 3.88. The van der Waals surface area contributed by atoms with Gasteiger partial charge in [-0.05, 0) is 31.2 Å². The summed E-state index contributed by atoms with van der Waals surface area (Å²) in [5.74, 6) is -1.09. The van der Waals surface area contributed by atoms with Gasteiger partial charge in [-0.25, -0.2) is 9.18 Å². The Balaban J connectivity index is 1.69. The molecule has 1 aliphatic rings. The van der Waals surface area contributed by atoms with E-state index in [0.29, 0.717) is 28.3 Å². The number of fused-ring (bicyclic) bond motifs is 1. The smallest absolute Gasteiger partial charge is 0.341 e. The lowest BCUT2D eigenvalue weighted by Gasteiger charge is -2.33. The van der Waals surface area contributed by atoms with Crippen molar-refractivity contribution >= 4 is 11.7 Å². The largest absolute Gasteiger partial charge is 0.461 e. The highest BCUT2D eigenvalue weighted by molar-refractivity contribution is 5.91. The van der Waals surface area contributed by atoms with Crippen molar-refractivity contribution in [2.24, 2.45) is 0 Å². The number of halogens is 1. The van der Waals surface area contributed by atoms with Crippen LogP contribution in [0.1, 0.15) is 35.5 Å². The average Bonchev–Trinajstić information content (AvgIpc) is 2.57. The summed E-state index contributed by atoms with van der Waals surface area (Å²) in [5, 5.41) is 2.88. The summed E-state index contributed by atoms with van der Waals surface area (Å²) in [6.45, 7) is 5.59. The number of nitrogens with one attached hydrogen (secondary N) is 1. The number of benzene rings is 1. The summed E-state index contributed by atoms with van der Waals surface area (Å²) in [7, 11) is 0. The molecule has 2 aromatic rings. The van der Waals surface area contributed by atoms with Crippen LogP contribution in [0.2, 0.25) is 0 Å². The first-order chi connectivity index (χ1) is 11.9. The number of rotatable bonds is 4. The maximum Gasteiger partial charge on any atom is 0.341 e. The SMILES string of the molecule is Cc1ncc(C(=O)OCNc2ccc(F)cc2)c2c1OC(C)(C)OC2. The Bertz CT molecular complexity index is 790. The standard InChI is InChI=1S/C18H19FN2O4/c1-11-16-15(9-24-18(2,3)25-16)14(8-20-11)17(22)23-10-21-13-6-4-12(19)5-7-13/h4-8,21H,9-10H2,1-3H3. The summed E-state index contributed by atoms with van der Waals surface area (Å²) < 4.78 is 29.5. The van der Waals surface area contributed by atoms with Crippen LogP contribution >= 0.6 is 0 Å². The molecular weight excluding hydrogens is 327 g/mol. The van der Waals surface area contributed by atoms with Crippen molar-refractivity contribution in [1.29, 1.82) is 0 Å². The second kappa shape index (κ2) is 6.68. The van der Waals surface area contributed by atoms with Gasteiger partial charge in [0.25, 0.3) is 0 Å². The van der Waals surface area contributed by atoms with Gasteiger partial charge in [0.1, 0.15) is 5.82 Å². The Morgan fingerprint density at radius 3 is 2.80 bits per heavy atom. The van der Waals surface area contributed by atoms with Crippen LogP contribution in [-0.4, -0.2) is 23.5 Å². The van der Waals surface area contributed by atoms with Crippen molar-refractivity contribution in [3.63, 3.8) is 0 Å². The number of anilines is 1. The van der Waals surface area contributed by atoms with Gasteiger partial charge in [-0.2, -0.15) is 0 Å². The predicted octanol–water partition coefficient (Wildman–Crippen LogP) is 3.40. The molecule has 0 radical (unpaired) electrons. The predicted molar refractivity (Wildman–Crippen MR) is 88.8 cm³/mol. The molecule has 1 aromatic carbocycles. The van der Waals surface area contributed by atoms with Crippen LogP contribution in [0, 0.1) is 12.7 Å². The van der Waals surface area contributed by atoms with Crippen LogP contribution in [0.3, 0.4) is 0 Å². The second-order valence-electron chi connectivity index (χ2n) is 6.12. The summed E-state index contributed by atoms with van der Waals surface area (Å²) >= 11 is 0. The van der Waals surface area contributed by atoms with Gasteiger partial charge < -0.3 is 19.5 Å². The normalized spacial score (nSPS) is 15.0. The monoisotopic (exact) mass is 346 g/mol. The van der Waals surface area contributed by atoms with Crippen molar-refractivity contribution in [3.8, 4) is 5.75 Å². The van der Waals surface area contributed by atoms with Gasteiger partial charge in [0, 0.05) is 31.3 Å². The van der Waals surface area contributed by atoms with Crippen LogP contribution in [0.25, 0.3) is 0 Å². The molecule has 7 heteroatoms. The zero-order valence-electron chi connectivity index (χ0n) is 14.3. The molecule has 2 heterocycles. The molecule has 0 saturated carbocycles. The molecule has 0 saturated heterocycles. The fraction of sp³-hybridized carbons (Fsp3) is 0.333. The maximum absolute atomic E-state index is 12.9. The number of esters is 1. The lowest BCUT2D eigenvalue weighted by molar-refractivity contribution is -0.180. The van der Waals surface area contributed by atoms with E-state index in [1.165, 1.54) is 18.3 Å². The molecule has 6 nitrogen and oxygen atoms in total. The van der Waals surface area contributed by atoms with Gasteiger partial charge in [-0.1, -0.05) is 0 Å². The Hall–Kier alpha value is -2.67. The van der Waals surface area contributed by atoms with Crippen LogP contribution in [0.4, 0.5) is 10.1 Å². The zero-order chi connectivity index (χ0) is 18.0. The molecule has 0 fully saturated rings. The van der Waals surface area contributed by atoms with Crippen molar-refractivity contribution in [3.05, 3.63) is 53.1 Å². The number of hydrogen-bond acceptors (Lipinski definition) is 6. The van der Waals surface area contributed by atoms with E-state index < -0.39 is 11.8 Å². The first-order valence-electron chi connectivity index (χ1n) is 7.84. The summed E-state index contributed by atoms with van der Waals surface area (Å²) in [6, 6.07) is 5.76. The third-order valence-electron chi connectivity index (χ3n) is 3.77. The number of ether oxygens (including phenoxy) is 3. The van der Waals surface area contributed by atoms with Gasteiger partial charge >= 0.3 is 5.97 Å². The van der Waals surface area contributed by atoms with Gasteiger partial charge in [-0.15, -0.1) is 0 Å². The van der Waals surface area contributed by atoms with E-state index in [4.69, 9.17) is 14.2 Å². The minimum atomic E-state index is -0.772. The van der Waals surface area contributed by atoms with E-state index in [2.05, 4.69) is 10.3 Å². The molecule has 0 amide bonds.